The molecule has 0 saturated heterocycles. The Morgan fingerprint density at radius 1 is 1.06 bits per heavy atom. The van der Waals surface area contributed by atoms with Crippen molar-refractivity contribution in [1.29, 1.82) is 0 Å². The summed E-state index contributed by atoms with van der Waals surface area (Å²) in [5.41, 5.74) is 2.76. The van der Waals surface area contributed by atoms with Gasteiger partial charge in [0.25, 0.3) is 10.0 Å². The topological polar surface area (TPSA) is 90.3 Å². The number of nitrogens with one attached hydrogen (secondary N) is 1. The highest BCUT2D eigenvalue weighted by molar-refractivity contribution is 9.10. The predicted molar refractivity (Wildman–Crippen MR) is 145 cm³/mol. The molecule has 0 fully saturated rings. The number of benzene rings is 3. The summed E-state index contributed by atoms with van der Waals surface area (Å²) < 4.78 is 35.8. The fourth-order valence-electron chi connectivity index (χ4n) is 3.51. The molecule has 11 heteroatoms. The first-order valence-corrected chi connectivity index (χ1v) is 13.8. The molecule has 0 radical (unpaired) electrons. The third-order valence-electron chi connectivity index (χ3n) is 5.23. The van der Waals surface area contributed by atoms with E-state index in [2.05, 4.69) is 25.4 Å². The van der Waals surface area contributed by atoms with Gasteiger partial charge < -0.3 is 9.30 Å². The van der Waals surface area contributed by atoms with E-state index in [4.69, 9.17) is 28.2 Å². The van der Waals surface area contributed by atoms with Crippen LogP contribution in [0.15, 0.2) is 77.4 Å². The number of nitrogens with zero attached hydrogens (tertiary/aromatic N) is 2. The summed E-state index contributed by atoms with van der Waals surface area (Å²) in [6.07, 6.45) is 2.06. The van der Waals surface area contributed by atoms with Crippen molar-refractivity contribution in [2.75, 3.05) is 11.8 Å². The van der Waals surface area contributed by atoms with E-state index in [1.165, 1.54) is 31.4 Å². The number of carbonyl (C=O) groups excluding carboxylic acids is 1. The van der Waals surface area contributed by atoms with Crippen molar-refractivity contribution >= 4 is 60.8 Å². The van der Waals surface area contributed by atoms with E-state index in [1.807, 2.05) is 24.3 Å². The van der Waals surface area contributed by atoms with Crippen molar-refractivity contribution in [3.8, 4) is 11.3 Å². The van der Waals surface area contributed by atoms with Gasteiger partial charge in [0.1, 0.15) is 11.7 Å². The van der Waals surface area contributed by atoms with Crippen LogP contribution in [0.1, 0.15) is 21.7 Å². The van der Waals surface area contributed by atoms with Crippen LogP contribution in [0.2, 0.25) is 10.0 Å². The average molecular weight is 609 g/mol. The molecule has 1 aromatic heterocycles. The largest absolute Gasteiger partial charge is 0.465 e. The Hall–Kier alpha value is -2.85. The summed E-state index contributed by atoms with van der Waals surface area (Å²) in [4.78, 5) is 16.3. The molecule has 0 unspecified atom stereocenters. The number of hydrogen-bond donors (Lipinski definition) is 1. The SMILES string of the molecule is COC(=O)c1ccc(NS(=O)(=O)Cn2cc(-c3ccc(Cl)cc3Cl)nc2Cc2ccc(Br)cc2)cc1. The van der Waals surface area contributed by atoms with Gasteiger partial charge in [0.2, 0.25) is 0 Å². The summed E-state index contributed by atoms with van der Waals surface area (Å²) in [7, 11) is -2.56. The van der Waals surface area contributed by atoms with Gasteiger partial charge in [-0.1, -0.05) is 51.3 Å². The molecular weight excluding hydrogens is 589 g/mol. The van der Waals surface area contributed by atoms with E-state index in [0.29, 0.717) is 44.8 Å². The van der Waals surface area contributed by atoms with E-state index in [-0.39, 0.29) is 5.88 Å². The number of sulfonamides is 1. The van der Waals surface area contributed by atoms with E-state index in [1.54, 1.807) is 29.0 Å². The number of halogens is 3. The van der Waals surface area contributed by atoms with Gasteiger partial charge in [-0.25, -0.2) is 18.2 Å². The molecule has 36 heavy (non-hydrogen) atoms. The minimum absolute atomic E-state index is 0.316. The number of aromatic nitrogens is 2. The van der Waals surface area contributed by atoms with E-state index < -0.39 is 16.0 Å². The van der Waals surface area contributed by atoms with Crippen LogP contribution < -0.4 is 4.72 Å². The lowest BCUT2D eigenvalue weighted by atomic mass is 10.1. The molecule has 0 aliphatic rings. The fraction of sp³-hybridized carbons (Fsp3) is 0.120. The molecule has 0 amide bonds. The number of anilines is 1. The number of esters is 1. The molecule has 0 atom stereocenters. The van der Waals surface area contributed by atoms with Crippen LogP contribution in [-0.2, 0) is 27.1 Å². The molecule has 4 rings (SSSR count). The Morgan fingerprint density at radius 3 is 2.39 bits per heavy atom. The van der Waals surface area contributed by atoms with Crippen LogP contribution in [0.5, 0.6) is 0 Å². The molecule has 0 aliphatic carbocycles. The van der Waals surface area contributed by atoms with E-state index in [0.717, 1.165) is 10.0 Å². The zero-order chi connectivity index (χ0) is 25.9. The van der Waals surface area contributed by atoms with Gasteiger partial charge in [0, 0.05) is 33.4 Å². The molecule has 1 heterocycles. The van der Waals surface area contributed by atoms with Crippen molar-refractivity contribution in [3.05, 3.63) is 104 Å². The molecule has 0 bridgehead atoms. The van der Waals surface area contributed by atoms with Crippen molar-refractivity contribution < 1.29 is 17.9 Å². The van der Waals surface area contributed by atoms with Gasteiger partial charge >= 0.3 is 5.97 Å². The van der Waals surface area contributed by atoms with Crippen LogP contribution in [-0.4, -0.2) is 31.0 Å². The quantitative estimate of drug-likeness (QED) is 0.234. The zero-order valence-electron chi connectivity index (χ0n) is 18.9. The zero-order valence-corrected chi connectivity index (χ0v) is 22.8. The first kappa shape index (κ1) is 26.2. The minimum Gasteiger partial charge on any atom is -0.465 e. The minimum atomic E-state index is -3.84. The number of carbonyl (C=O) groups is 1. The molecule has 0 spiro atoms. The van der Waals surface area contributed by atoms with Gasteiger partial charge in [0.05, 0.1) is 23.4 Å². The third kappa shape index (κ3) is 6.47. The first-order chi connectivity index (χ1) is 17.1. The smallest absolute Gasteiger partial charge is 0.337 e. The van der Waals surface area contributed by atoms with Crippen LogP contribution in [0.4, 0.5) is 5.69 Å². The van der Waals surface area contributed by atoms with Crippen molar-refractivity contribution in [3.63, 3.8) is 0 Å². The molecular formula is C25H20BrCl2N3O4S. The monoisotopic (exact) mass is 607 g/mol. The third-order valence-corrected chi connectivity index (χ3v) is 7.47. The Kier molecular flexibility index (Phi) is 8.04. The highest BCUT2D eigenvalue weighted by Gasteiger charge is 2.19. The predicted octanol–water partition coefficient (Wildman–Crippen LogP) is 6.40. The molecule has 1 N–H and O–H groups in total. The maximum atomic E-state index is 13.0. The fourth-order valence-corrected chi connectivity index (χ4v) is 5.43. The normalized spacial score (nSPS) is 11.3. The summed E-state index contributed by atoms with van der Waals surface area (Å²) in [5, 5.41) is 0.900. The Bertz CT molecular complexity index is 1510. The summed E-state index contributed by atoms with van der Waals surface area (Å²) in [6.45, 7) is 0. The lowest BCUT2D eigenvalue weighted by Gasteiger charge is -2.11. The summed E-state index contributed by atoms with van der Waals surface area (Å²) in [5.74, 6) is -0.339. The molecule has 3 aromatic carbocycles. The van der Waals surface area contributed by atoms with Crippen molar-refractivity contribution in [1.82, 2.24) is 9.55 Å². The van der Waals surface area contributed by atoms with Crippen LogP contribution in [0, 0.1) is 0 Å². The molecule has 4 aromatic rings. The summed E-state index contributed by atoms with van der Waals surface area (Å²) >= 11 is 15.8. The Balaban J connectivity index is 1.64. The van der Waals surface area contributed by atoms with Gasteiger partial charge in [-0.15, -0.1) is 0 Å². The number of rotatable bonds is 8. The highest BCUT2D eigenvalue weighted by Crippen LogP contribution is 2.30. The maximum absolute atomic E-state index is 13.0. The number of imidazole rings is 1. The Morgan fingerprint density at radius 2 is 1.75 bits per heavy atom. The van der Waals surface area contributed by atoms with E-state index in [9.17, 15) is 13.2 Å². The molecule has 186 valence electrons. The van der Waals surface area contributed by atoms with Crippen molar-refractivity contribution in [2.45, 2.75) is 12.3 Å². The number of hydrogen-bond acceptors (Lipinski definition) is 5. The lowest BCUT2D eigenvalue weighted by molar-refractivity contribution is 0.0600. The summed E-state index contributed by atoms with van der Waals surface area (Å²) in [6, 6.07) is 18.7. The second-order valence-electron chi connectivity index (χ2n) is 7.85. The van der Waals surface area contributed by atoms with Crippen LogP contribution >= 0.6 is 39.1 Å². The van der Waals surface area contributed by atoms with Crippen LogP contribution in [0.3, 0.4) is 0 Å². The second-order valence-corrected chi connectivity index (χ2v) is 11.3. The number of methoxy groups -OCH3 is 1. The average Bonchev–Trinajstić information content (AvgIpc) is 3.21. The highest BCUT2D eigenvalue weighted by atomic mass is 79.9. The lowest BCUT2D eigenvalue weighted by Crippen LogP contribution is -2.20. The van der Waals surface area contributed by atoms with Gasteiger partial charge in [0.15, 0.2) is 0 Å². The van der Waals surface area contributed by atoms with Crippen molar-refractivity contribution in [2.24, 2.45) is 0 Å². The molecule has 7 nitrogen and oxygen atoms in total. The first-order valence-electron chi connectivity index (χ1n) is 10.6. The van der Waals surface area contributed by atoms with Gasteiger partial charge in [-0.2, -0.15) is 0 Å². The second kappa shape index (κ2) is 11.0. The molecule has 0 saturated carbocycles. The standard InChI is InChI=1S/C25H20BrCl2N3O4S/c1-35-25(32)17-4-9-20(10-5-17)30-36(33,34)15-31-14-23(21-11-8-19(27)13-22(21)28)29-24(31)12-16-2-6-18(26)7-3-16/h2-11,13-14,30H,12,15H2,1H3. The van der Waals surface area contributed by atoms with Crippen LogP contribution in [0.25, 0.3) is 11.3 Å². The number of ether oxygens (including phenoxy) is 1. The Labute approximate surface area is 227 Å². The van der Waals surface area contributed by atoms with Gasteiger partial charge in [-0.05, 0) is 60.2 Å². The maximum Gasteiger partial charge on any atom is 0.337 e. The van der Waals surface area contributed by atoms with E-state index >= 15 is 0 Å². The molecule has 0 aliphatic heterocycles. The van der Waals surface area contributed by atoms with Gasteiger partial charge in [-0.3, -0.25) is 4.72 Å².